The summed E-state index contributed by atoms with van der Waals surface area (Å²) in [6.07, 6.45) is 1.60. The number of aromatic nitrogens is 1. The molecule has 5 nitrogen and oxygen atoms in total. The lowest BCUT2D eigenvalue weighted by Crippen LogP contribution is -2.31. The van der Waals surface area contributed by atoms with E-state index in [1.54, 1.807) is 10.4 Å². The number of hydrogen-bond donors (Lipinski definition) is 0. The maximum atomic E-state index is 13.3. The van der Waals surface area contributed by atoms with Crippen LogP contribution in [0.4, 0.5) is 0 Å². The molecule has 0 saturated carbocycles. The minimum absolute atomic E-state index is 0.231. The van der Waals surface area contributed by atoms with Gasteiger partial charge in [0.1, 0.15) is 11.5 Å². The van der Waals surface area contributed by atoms with Crippen molar-refractivity contribution in [3.05, 3.63) is 46.3 Å². The molecule has 136 valence electrons. The number of benzene rings is 1. The van der Waals surface area contributed by atoms with Crippen molar-refractivity contribution in [2.24, 2.45) is 0 Å². The lowest BCUT2D eigenvalue weighted by molar-refractivity contribution is 0.338. The minimum atomic E-state index is -3.57. The summed E-state index contributed by atoms with van der Waals surface area (Å²) in [7, 11) is -3.57. The van der Waals surface area contributed by atoms with Crippen LogP contribution in [0.5, 0.6) is 0 Å². The molecular formula is C19H26N2O3S. The topological polar surface area (TPSA) is 63.4 Å². The van der Waals surface area contributed by atoms with E-state index in [1.807, 2.05) is 46.8 Å². The Morgan fingerprint density at radius 2 is 1.80 bits per heavy atom. The summed E-state index contributed by atoms with van der Waals surface area (Å²) in [5.74, 6) is 1.02. The van der Waals surface area contributed by atoms with E-state index in [-0.39, 0.29) is 12.0 Å². The van der Waals surface area contributed by atoms with Crippen molar-refractivity contribution in [3.8, 4) is 0 Å². The molecule has 1 aliphatic heterocycles. The average molecular weight is 362 g/mol. The third-order valence-electron chi connectivity index (χ3n) is 5.04. The zero-order valence-electron chi connectivity index (χ0n) is 15.5. The van der Waals surface area contributed by atoms with Crippen LogP contribution in [0.25, 0.3) is 0 Å². The fourth-order valence-electron chi connectivity index (χ4n) is 3.39. The fraction of sp³-hybridized carbons (Fsp3) is 0.526. The van der Waals surface area contributed by atoms with E-state index in [4.69, 9.17) is 4.52 Å². The number of hydrogen-bond acceptors (Lipinski definition) is 4. The second-order valence-corrected chi connectivity index (χ2v) is 9.14. The molecule has 1 unspecified atom stereocenters. The van der Waals surface area contributed by atoms with Crippen molar-refractivity contribution in [1.29, 1.82) is 0 Å². The Morgan fingerprint density at radius 1 is 1.12 bits per heavy atom. The Kier molecular flexibility index (Phi) is 4.77. The van der Waals surface area contributed by atoms with Gasteiger partial charge in [0.05, 0.1) is 10.9 Å². The Hall–Kier alpha value is -1.66. The summed E-state index contributed by atoms with van der Waals surface area (Å²) in [5, 5.41) is 4.15. The number of aryl methyl sites for hydroxylation is 3. The molecule has 25 heavy (non-hydrogen) atoms. The van der Waals surface area contributed by atoms with E-state index in [1.165, 1.54) is 0 Å². The molecule has 0 bridgehead atoms. The van der Waals surface area contributed by atoms with E-state index in [0.29, 0.717) is 17.1 Å². The number of sulfonamides is 1. The molecule has 1 fully saturated rings. The lowest BCUT2D eigenvalue weighted by atomic mass is 10.1. The monoisotopic (exact) mass is 362 g/mol. The highest BCUT2D eigenvalue weighted by molar-refractivity contribution is 7.89. The standard InChI is InChI=1S/C19H26N2O3S/c1-12(2)18-11-16(20-24-18)17-7-6-8-21(17)25(22,23)19-10-14(4)13(3)9-15(19)5/h9-12,17H,6-8H2,1-5H3. The smallest absolute Gasteiger partial charge is 0.243 e. The van der Waals surface area contributed by atoms with Gasteiger partial charge >= 0.3 is 0 Å². The highest BCUT2D eigenvalue weighted by Crippen LogP contribution is 2.38. The predicted octanol–water partition coefficient (Wildman–Crippen LogP) is 4.25. The van der Waals surface area contributed by atoms with Crippen LogP contribution in [0.15, 0.2) is 27.6 Å². The van der Waals surface area contributed by atoms with Gasteiger partial charge in [0.15, 0.2) is 0 Å². The van der Waals surface area contributed by atoms with E-state index < -0.39 is 10.0 Å². The molecule has 0 N–H and O–H groups in total. The molecule has 6 heteroatoms. The Balaban J connectivity index is 2.00. The zero-order valence-corrected chi connectivity index (χ0v) is 16.4. The van der Waals surface area contributed by atoms with Crippen LogP contribution in [-0.2, 0) is 10.0 Å². The molecule has 0 amide bonds. The number of nitrogens with zero attached hydrogens (tertiary/aromatic N) is 2. The number of rotatable bonds is 4. The van der Waals surface area contributed by atoms with Gasteiger partial charge in [-0.2, -0.15) is 4.31 Å². The van der Waals surface area contributed by atoms with Gasteiger partial charge in [-0.05, 0) is 56.4 Å². The van der Waals surface area contributed by atoms with Crippen molar-refractivity contribution < 1.29 is 12.9 Å². The van der Waals surface area contributed by atoms with Crippen LogP contribution in [0.3, 0.4) is 0 Å². The summed E-state index contributed by atoms with van der Waals surface area (Å²) < 4.78 is 33.6. The van der Waals surface area contributed by atoms with Gasteiger partial charge in [-0.25, -0.2) is 8.42 Å². The van der Waals surface area contributed by atoms with Gasteiger partial charge in [0, 0.05) is 18.5 Å². The molecular weight excluding hydrogens is 336 g/mol. The van der Waals surface area contributed by atoms with Crippen LogP contribution in [0.1, 0.15) is 66.8 Å². The summed E-state index contributed by atoms with van der Waals surface area (Å²) >= 11 is 0. The van der Waals surface area contributed by atoms with Crippen molar-refractivity contribution >= 4 is 10.0 Å². The second kappa shape index (κ2) is 6.57. The SMILES string of the molecule is Cc1cc(C)c(S(=O)(=O)N2CCCC2c2cc(C(C)C)on2)cc1C. The van der Waals surface area contributed by atoms with Gasteiger partial charge < -0.3 is 4.52 Å². The molecule has 1 saturated heterocycles. The predicted molar refractivity (Wildman–Crippen MR) is 97.1 cm³/mol. The van der Waals surface area contributed by atoms with Crippen LogP contribution in [0, 0.1) is 20.8 Å². The maximum Gasteiger partial charge on any atom is 0.243 e. The fourth-order valence-corrected chi connectivity index (χ4v) is 5.36. The quantitative estimate of drug-likeness (QED) is 0.816. The molecule has 0 aliphatic carbocycles. The van der Waals surface area contributed by atoms with E-state index >= 15 is 0 Å². The van der Waals surface area contributed by atoms with Crippen LogP contribution in [0.2, 0.25) is 0 Å². The Morgan fingerprint density at radius 3 is 2.44 bits per heavy atom. The highest BCUT2D eigenvalue weighted by Gasteiger charge is 2.38. The molecule has 2 heterocycles. The second-order valence-electron chi connectivity index (χ2n) is 7.28. The third kappa shape index (κ3) is 3.25. The maximum absolute atomic E-state index is 13.3. The Labute approximate surface area is 150 Å². The summed E-state index contributed by atoms with van der Waals surface area (Å²) in [5.41, 5.74) is 3.60. The molecule has 1 aromatic carbocycles. The van der Waals surface area contributed by atoms with Gasteiger partial charge in [0.2, 0.25) is 10.0 Å². The molecule has 1 atom stereocenters. The molecule has 1 aliphatic rings. The van der Waals surface area contributed by atoms with Crippen molar-refractivity contribution in [1.82, 2.24) is 9.46 Å². The summed E-state index contributed by atoms with van der Waals surface area (Å²) in [6, 6.07) is 5.39. The molecule has 3 rings (SSSR count). The zero-order chi connectivity index (χ0) is 18.4. The van der Waals surface area contributed by atoms with E-state index in [2.05, 4.69) is 5.16 Å². The average Bonchev–Trinajstić information content (AvgIpc) is 3.18. The molecule has 0 spiro atoms. The van der Waals surface area contributed by atoms with Gasteiger partial charge in [0.25, 0.3) is 0 Å². The largest absolute Gasteiger partial charge is 0.361 e. The van der Waals surface area contributed by atoms with Gasteiger partial charge in [-0.3, -0.25) is 0 Å². The third-order valence-corrected chi connectivity index (χ3v) is 7.09. The van der Waals surface area contributed by atoms with Crippen LogP contribution < -0.4 is 0 Å². The van der Waals surface area contributed by atoms with Crippen LogP contribution >= 0.6 is 0 Å². The summed E-state index contributed by atoms with van der Waals surface area (Å²) in [4.78, 5) is 0.398. The first kappa shape index (κ1) is 18.1. The van der Waals surface area contributed by atoms with E-state index in [0.717, 1.165) is 35.3 Å². The molecule has 1 aromatic heterocycles. The first-order valence-corrected chi connectivity index (χ1v) is 10.2. The Bertz CT molecular complexity index is 884. The van der Waals surface area contributed by atoms with Crippen LogP contribution in [-0.4, -0.2) is 24.4 Å². The summed E-state index contributed by atoms with van der Waals surface area (Å²) in [6.45, 7) is 10.4. The van der Waals surface area contributed by atoms with E-state index in [9.17, 15) is 8.42 Å². The first-order valence-electron chi connectivity index (χ1n) is 8.78. The van der Waals surface area contributed by atoms with Crippen molar-refractivity contribution in [2.75, 3.05) is 6.54 Å². The van der Waals surface area contributed by atoms with Crippen molar-refractivity contribution in [2.45, 2.75) is 64.3 Å². The van der Waals surface area contributed by atoms with Gasteiger partial charge in [-0.1, -0.05) is 25.1 Å². The first-order chi connectivity index (χ1) is 11.7. The minimum Gasteiger partial charge on any atom is -0.361 e. The molecule has 0 radical (unpaired) electrons. The normalized spacial score (nSPS) is 19.0. The van der Waals surface area contributed by atoms with Crippen molar-refractivity contribution in [3.63, 3.8) is 0 Å². The highest BCUT2D eigenvalue weighted by atomic mass is 32.2. The molecule has 2 aromatic rings. The van der Waals surface area contributed by atoms with Gasteiger partial charge in [-0.15, -0.1) is 0 Å². The lowest BCUT2D eigenvalue weighted by Gasteiger charge is -2.24.